The van der Waals surface area contributed by atoms with Gasteiger partial charge in [0.1, 0.15) is 13.2 Å². The Morgan fingerprint density at radius 1 is 0.554 bits per heavy atom. The van der Waals surface area contributed by atoms with Crippen molar-refractivity contribution in [2.75, 3.05) is 40.9 Å². The van der Waals surface area contributed by atoms with Gasteiger partial charge in [0, 0.05) is 6.42 Å². The summed E-state index contributed by atoms with van der Waals surface area (Å²) in [5.74, 6) is -0.179. The Kier molecular flexibility index (Phi) is 39.6. The van der Waals surface area contributed by atoms with Crippen molar-refractivity contribution in [1.82, 2.24) is 5.32 Å². The Balaban J connectivity index is 3.79. The number of phosphoric acid groups is 1. The van der Waals surface area contributed by atoms with E-state index >= 15 is 0 Å². The van der Waals surface area contributed by atoms with E-state index in [9.17, 15) is 19.4 Å². The van der Waals surface area contributed by atoms with Crippen LogP contribution in [0.15, 0.2) is 0 Å². The van der Waals surface area contributed by atoms with Crippen LogP contribution in [0.5, 0.6) is 0 Å². The number of aliphatic hydroxyl groups is 1. The third kappa shape index (κ3) is 41.7. The van der Waals surface area contributed by atoms with Gasteiger partial charge in [-0.05, 0) is 12.8 Å². The van der Waals surface area contributed by atoms with E-state index in [1.807, 2.05) is 21.1 Å². The molecule has 0 radical (unpaired) electrons. The van der Waals surface area contributed by atoms with Crippen LogP contribution < -0.4 is 10.2 Å². The molecule has 0 aliphatic rings. The lowest BCUT2D eigenvalue weighted by atomic mass is 10.0. The van der Waals surface area contributed by atoms with E-state index in [-0.39, 0.29) is 19.1 Å². The second kappa shape index (κ2) is 39.9. The van der Waals surface area contributed by atoms with Crippen LogP contribution in [0.4, 0.5) is 0 Å². The molecule has 0 aromatic carbocycles. The van der Waals surface area contributed by atoms with Gasteiger partial charge in [-0.3, -0.25) is 9.36 Å². The molecule has 0 bridgehead atoms. The monoisotopic (exact) mass is 817 g/mol. The number of amides is 1. The van der Waals surface area contributed by atoms with Crippen molar-refractivity contribution in [2.45, 2.75) is 257 Å². The highest BCUT2D eigenvalue weighted by Gasteiger charge is 2.24. The van der Waals surface area contributed by atoms with Gasteiger partial charge in [-0.25, -0.2) is 0 Å². The minimum absolute atomic E-state index is 0.0148. The number of phosphoric ester groups is 1. The van der Waals surface area contributed by atoms with Crippen molar-refractivity contribution in [3.05, 3.63) is 0 Å². The average molecular weight is 817 g/mol. The summed E-state index contributed by atoms with van der Waals surface area (Å²) in [6.07, 6.45) is 44.9. The molecule has 0 aromatic heterocycles. The SMILES string of the molecule is CCCCCCCCCCCCCCCCCCCCCCCCCCCCCCCCC(O)C(COP(=O)([O-])OCC[N+](C)(C)C)NC(=O)CCCCCC. The third-order valence-corrected chi connectivity index (χ3v) is 12.3. The maximum absolute atomic E-state index is 12.6. The normalized spacial score (nSPS) is 14.2. The number of nitrogens with zero attached hydrogens (tertiary/aromatic N) is 1. The lowest BCUT2D eigenvalue weighted by Crippen LogP contribution is -2.46. The Labute approximate surface area is 349 Å². The highest BCUT2D eigenvalue weighted by molar-refractivity contribution is 7.45. The first-order valence-electron chi connectivity index (χ1n) is 24.4. The number of likely N-dealkylation sites (N-methyl/N-ethyl adjacent to an activating group) is 1. The van der Waals surface area contributed by atoms with E-state index < -0.39 is 20.0 Å². The van der Waals surface area contributed by atoms with E-state index in [0.29, 0.717) is 23.9 Å². The molecule has 0 rings (SSSR count). The second-order valence-corrected chi connectivity index (χ2v) is 19.6. The number of aliphatic hydroxyl groups excluding tert-OH is 1. The molecular weight excluding hydrogens is 719 g/mol. The number of carbonyl (C=O) groups is 1. The van der Waals surface area contributed by atoms with Crippen molar-refractivity contribution in [3.8, 4) is 0 Å². The maximum atomic E-state index is 12.6. The van der Waals surface area contributed by atoms with Gasteiger partial charge < -0.3 is 28.8 Å². The molecule has 8 nitrogen and oxygen atoms in total. The first kappa shape index (κ1) is 55.5. The number of rotatable bonds is 45. The molecule has 0 saturated heterocycles. The zero-order chi connectivity index (χ0) is 41.4. The van der Waals surface area contributed by atoms with Crippen LogP contribution >= 0.6 is 7.82 Å². The minimum Gasteiger partial charge on any atom is -0.756 e. The molecule has 0 spiro atoms. The molecule has 9 heteroatoms. The number of unbranched alkanes of at least 4 members (excludes halogenated alkanes) is 32. The number of nitrogens with one attached hydrogen (secondary N) is 1. The summed E-state index contributed by atoms with van der Waals surface area (Å²) in [7, 11) is 1.31. The number of carbonyl (C=O) groups excluding carboxylic acids is 1. The first-order chi connectivity index (χ1) is 27.0. The van der Waals surface area contributed by atoms with Gasteiger partial charge >= 0.3 is 0 Å². The summed E-state index contributed by atoms with van der Waals surface area (Å²) in [5.41, 5.74) is 0. The van der Waals surface area contributed by atoms with Gasteiger partial charge in [-0.15, -0.1) is 0 Å². The van der Waals surface area contributed by atoms with Crippen molar-refractivity contribution in [3.63, 3.8) is 0 Å². The number of hydrogen-bond acceptors (Lipinski definition) is 6. The van der Waals surface area contributed by atoms with Crippen LogP contribution in [0, 0.1) is 0 Å². The molecule has 336 valence electrons. The van der Waals surface area contributed by atoms with Crippen LogP contribution in [-0.2, 0) is 18.4 Å². The molecule has 1 amide bonds. The molecular formula is C47H97N2O6P. The van der Waals surface area contributed by atoms with E-state index in [1.54, 1.807) is 0 Å². The van der Waals surface area contributed by atoms with Crippen molar-refractivity contribution >= 4 is 13.7 Å². The zero-order valence-corrected chi connectivity index (χ0v) is 39.0. The molecule has 3 unspecified atom stereocenters. The second-order valence-electron chi connectivity index (χ2n) is 18.2. The van der Waals surface area contributed by atoms with Gasteiger partial charge in [0.05, 0.1) is 39.9 Å². The Morgan fingerprint density at radius 3 is 1.21 bits per heavy atom. The smallest absolute Gasteiger partial charge is 0.268 e. The molecule has 3 atom stereocenters. The molecule has 56 heavy (non-hydrogen) atoms. The van der Waals surface area contributed by atoms with E-state index in [4.69, 9.17) is 9.05 Å². The first-order valence-corrected chi connectivity index (χ1v) is 25.8. The summed E-state index contributed by atoms with van der Waals surface area (Å²) >= 11 is 0. The maximum Gasteiger partial charge on any atom is 0.268 e. The van der Waals surface area contributed by atoms with E-state index in [2.05, 4.69) is 19.2 Å². The third-order valence-electron chi connectivity index (χ3n) is 11.3. The van der Waals surface area contributed by atoms with Crippen LogP contribution in [0.3, 0.4) is 0 Å². The largest absolute Gasteiger partial charge is 0.756 e. The van der Waals surface area contributed by atoms with E-state index in [0.717, 1.165) is 44.9 Å². The van der Waals surface area contributed by atoms with Crippen LogP contribution in [0.1, 0.15) is 245 Å². The summed E-state index contributed by atoms with van der Waals surface area (Å²) < 4.78 is 23.1. The molecule has 0 aliphatic heterocycles. The highest BCUT2D eigenvalue weighted by Crippen LogP contribution is 2.38. The lowest BCUT2D eigenvalue weighted by Gasteiger charge is -2.30. The average Bonchev–Trinajstić information content (AvgIpc) is 3.15. The fourth-order valence-electron chi connectivity index (χ4n) is 7.45. The summed E-state index contributed by atoms with van der Waals surface area (Å²) in [4.78, 5) is 24.9. The minimum atomic E-state index is -4.54. The van der Waals surface area contributed by atoms with Crippen LogP contribution in [-0.4, -0.2) is 68.5 Å². The molecule has 0 heterocycles. The quantitative estimate of drug-likeness (QED) is 0.0360. The summed E-state index contributed by atoms with van der Waals surface area (Å²) in [6, 6.07) is -0.790. The van der Waals surface area contributed by atoms with Gasteiger partial charge in [-0.2, -0.15) is 0 Å². The molecule has 0 aromatic rings. The van der Waals surface area contributed by atoms with Crippen LogP contribution in [0.2, 0.25) is 0 Å². The molecule has 0 aliphatic carbocycles. The Hall–Kier alpha value is -0.500. The summed E-state index contributed by atoms with van der Waals surface area (Å²) in [5, 5.41) is 13.8. The Morgan fingerprint density at radius 2 is 0.875 bits per heavy atom. The topological polar surface area (TPSA) is 108 Å². The lowest BCUT2D eigenvalue weighted by molar-refractivity contribution is -0.870. The van der Waals surface area contributed by atoms with Crippen molar-refractivity contribution < 1.29 is 32.9 Å². The Bertz CT molecular complexity index is 885. The van der Waals surface area contributed by atoms with Gasteiger partial charge in [-0.1, -0.05) is 226 Å². The standard InChI is InChI=1S/C47H97N2O6P/c1-6-8-10-12-13-14-15-16-17-18-19-20-21-22-23-24-25-26-27-28-29-30-31-32-33-34-35-36-37-38-40-46(50)45(48-47(51)41-39-11-9-7-2)44-55-56(52,53)54-43-42-49(3,4)5/h45-46,50H,6-44H2,1-5H3,(H-,48,51,52,53). The molecule has 2 N–H and O–H groups in total. The van der Waals surface area contributed by atoms with Gasteiger partial charge in [0.2, 0.25) is 5.91 Å². The van der Waals surface area contributed by atoms with E-state index in [1.165, 1.54) is 173 Å². The summed E-state index contributed by atoms with van der Waals surface area (Å²) in [6.45, 7) is 4.62. The van der Waals surface area contributed by atoms with Gasteiger partial charge in [0.15, 0.2) is 0 Å². The predicted octanol–water partition coefficient (Wildman–Crippen LogP) is 13.1. The van der Waals surface area contributed by atoms with Crippen molar-refractivity contribution in [1.29, 1.82) is 0 Å². The zero-order valence-electron chi connectivity index (χ0n) is 38.1. The fraction of sp³-hybridized carbons (Fsp3) is 0.979. The number of quaternary nitrogens is 1. The fourth-order valence-corrected chi connectivity index (χ4v) is 8.18. The van der Waals surface area contributed by atoms with Gasteiger partial charge in [0.25, 0.3) is 7.82 Å². The number of hydrogen-bond donors (Lipinski definition) is 2. The molecule has 0 fully saturated rings. The highest BCUT2D eigenvalue weighted by atomic mass is 31.2. The van der Waals surface area contributed by atoms with Crippen molar-refractivity contribution in [2.24, 2.45) is 0 Å². The molecule has 0 saturated carbocycles. The predicted molar refractivity (Wildman–Crippen MR) is 238 cm³/mol. The van der Waals surface area contributed by atoms with Crippen LogP contribution in [0.25, 0.3) is 0 Å².